The summed E-state index contributed by atoms with van der Waals surface area (Å²) in [6.45, 7) is 7.90. The van der Waals surface area contributed by atoms with E-state index in [1.165, 1.54) is 19.3 Å². The first-order chi connectivity index (χ1) is 8.99. The Balaban J connectivity index is 3.54. The van der Waals surface area contributed by atoms with Gasteiger partial charge in [0.05, 0.1) is 0 Å². The maximum atomic E-state index is 11.9. The lowest BCUT2D eigenvalue weighted by molar-refractivity contribution is -0.123. The van der Waals surface area contributed by atoms with Crippen molar-refractivity contribution in [2.24, 2.45) is 11.8 Å². The summed E-state index contributed by atoms with van der Waals surface area (Å²) in [5.41, 5.74) is 0. The zero-order chi connectivity index (χ0) is 14.7. The molecule has 19 heavy (non-hydrogen) atoms. The summed E-state index contributed by atoms with van der Waals surface area (Å²) in [6.07, 6.45) is 9.51. The van der Waals surface area contributed by atoms with Crippen molar-refractivity contribution in [3.63, 3.8) is 0 Å². The molecule has 112 valence electrons. The molecule has 0 aromatic heterocycles. The highest BCUT2D eigenvalue weighted by Gasteiger charge is 2.12. The van der Waals surface area contributed by atoms with Gasteiger partial charge in [-0.1, -0.05) is 52.9 Å². The molecule has 0 heterocycles. The van der Waals surface area contributed by atoms with Gasteiger partial charge in [0, 0.05) is 18.3 Å². The second kappa shape index (κ2) is 11.2. The molecule has 2 unspecified atom stereocenters. The van der Waals surface area contributed by atoms with Crippen molar-refractivity contribution in [2.75, 3.05) is 0 Å². The number of carbonyl (C=O) groups is 2. The monoisotopic (exact) mass is 268 g/mol. The standard InChI is InChI=1S/C17H32O2/c1-5-6-8-12-15(3)17(19)13-10-7-9-11-14(2)16(4)18/h14-15H,5-13H2,1-4H3. The van der Waals surface area contributed by atoms with Gasteiger partial charge in [-0.15, -0.1) is 0 Å². The Bertz CT molecular complexity index is 258. The van der Waals surface area contributed by atoms with E-state index in [0.29, 0.717) is 5.78 Å². The van der Waals surface area contributed by atoms with E-state index >= 15 is 0 Å². The average Bonchev–Trinajstić information content (AvgIpc) is 2.37. The number of unbranched alkanes of at least 4 members (excludes halogenated alkanes) is 4. The van der Waals surface area contributed by atoms with Gasteiger partial charge in [-0.05, 0) is 26.2 Å². The number of Topliss-reactive ketones (excluding diaryl/α,β-unsaturated/α-hetero) is 2. The Hall–Kier alpha value is -0.660. The van der Waals surface area contributed by atoms with Crippen molar-refractivity contribution >= 4 is 11.6 Å². The molecule has 0 radical (unpaired) electrons. The van der Waals surface area contributed by atoms with E-state index in [2.05, 4.69) is 13.8 Å². The summed E-state index contributed by atoms with van der Waals surface area (Å²) in [5, 5.41) is 0. The van der Waals surface area contributed by atoms with Crippen LogP contribution < -0.4 is 0 Å². The first-order valence-corrected chi connectivity index (χ1v) is 8.02. The smallest absolute Gasteiger partial charge is 0.135 e. The SMILES string of the molecule is CCCCCC(C)C(=O)CCCCCC(C)C(C)=O. The van der Waals surface area contributed by atoms with E-state index in [1.807, 2.05) is 6.92 Å². The summed E-state index contributed by atoms with van der Waals surface area (Å²) in [4.78, 5) is 23.0. The van der Waals surface area contributed by atoms with Crippen LogP contribution in [0.2, 0.25) is 0 Å². The molecule has 0 amide bonds. The lowest BCUT2D eigenvalue weighted by atomic mass is 9.94. The number of hydrogen-bond donors (Lipinski definition) is 0. The van der Waals surface area contributed by atoms with Crippen molar-refractivity contribution in [3.8, 4) is 0 Å². The van der Waals surface area contributed by atoms with Crippen molar-refractivity contribution in [3.05, 3.63) is 0 Å². The number of rotatable bonds is 12. The lowest BCUT2D eigenvalue weighted by Gasteiger charge is -2.10. The summed E-state index contributed by atoms with van der Waals surface area (Å²) in [7, 11) is 0. The van der Waals surface area contributed by atoms with E-state index in [4.69, 9.17) is 0 Å². The van der Waals surface area contributed by atoms with Crippen LogP contribution in [-0.2, 0) is 9.59 Å². The van der Waals surface area contributed by atoms with E-state index in [-0.39, 0.29) is 17.6 Å². The molecular weight excluding hydrogens is 236 g/mol. The second-order valence-corrected chi connectivity index (χ2v) is 5.97. The number of ketones is 2. The number of carbonyl (C=O) groups excluding carboxylic acids is 2. The van der Waals surface area contributed by atoms with Crippen molar-refractivity contribution < 1.29 is 9.59 Å². The topological polar surface area (TPSA) is 34.1 Å². The molecule has 0 saturated carbocycles. The molecule has 2 nitrogen and oxygen atoms in total. The van der Waals surface area contributed by atoms with Crippen LogP contribution in [0.25, 0.3) is 0 Å². The van der Waals surface area contributed by atoms with Crippen LogP contribution in [0.1, 0.15) is 85.5 Å². The lowest BCUT2D eigenvalue weighted by Crippen LogP contribution is -2.10. The molecule has 0 aromatic rings. The molecule has 0 spiro atoms. The van der Waals surface area contributed by atoms with Crippen molar-refractivity contribution in [1.29, 1.82) is 0 Å². The van der Waals surface area contributed by atoms with Crippen LogP contribution in [-0.4, -0.2) is 11.6 Å². The molecule has 2 heteroatoms. The second-order valence-electron chi connectivity index (χ2n) is 5.97. The molecule has 2 atom stereocenters. The fourth-order valence-electron chi connectivity index (χ4n) is 2.24. The molecular formula is C17H32O2. The van der Waals surface area contributed by atoms with Crippen LogP contribution in [0.5, 0.6) is 0 Å². The summed E-state index contributed by atoms with van der Waals surface area (Å²) >= 11 is 0. The minimum absolute atomic E-state index is 0.184. The molecule has 0 aliphatic carbocycles. The third-order valence-electron chi connectivity index (χ3n) is 4.04. The predicted octanol–water partition coefficient (Wildman–Crippen LogP) is 4.95. The maximum Gasteiger partial charge on any atom is 0.135 e. The Labute approximate surface area is 119 Å². The molecule has 0 aromatic carbocycles. The average molecular weight is 268 g/mol. The van der Waals surface area contributed by atoms with Gasteiger partial charge in [-0.3, -0.25) is 9.59 Å². The molecule has 0 saturated heterocycles. The molecule has 0 aliphatic heterocycles. The van der Waals surface area contributed by atoms with E-state index in [0.717, 1.165) is 38.5 Å². The quantitative estimate of drug-likeness (QED) is 0.469. The van der Waals surface area contributed by atoms with Gasteiger partial charge < -0.3 is 0 Å². The zero-order valence-electron chi connectivity index (χ0n) is 13.3. The zero-order valence-corrected chi connectivity index (χ0v) is 13.3. The van der Waals surface area contributed by atoms with Gasteiger partial charge in [0.1, 0.15) is 11.6 Å². The molecule has 0 fully saturated rings. The third-order valence-corrected chi connectivity index (χ3v) is 4.04. The molecule has 0 rings (SSSR count). The maximum absolute atomic E-state index is 11.9. The number of hydrogen-bond acceptors (Lipinski definition) is 2. The Kier molecular flexibility index (Phi) is 10.8. The van der Waals surface area contributed by atoms with Crippen molar-refractivity contribution in [1.82, 2.24) is 0 Å². The van der Waals surface area contributed by atoms with Crippen molar-refractivity contribution in [2.45, 2.75) is 85.5 Å². The summed E-state index contributed by atoms with van der Waals surface area (Å²) in [6, 6.07) is 0. The minimum Gasteiger partial charge on any atom is -0.300 e. The Morgan fingerprint density at radius 2 is 1.42 bits per heavy atom. The largest absolute Gasteiger partial charge is 0.300 e. The van der Waals surface area contributed by atoms with E-state index < -0.39 is 0 Å². The van der Waals surface area contributed by atoms with Crippen LogP contribution in [0, 0.1) is 11.8 Å². The summed E-state index contributed by atoms with van der Waals surface area (Å²) < 4.78 is 0. The highest BCUT2D eigenvalue weighted by Crippen LogP contribution is 2.16. The fraction of sp³-hybridized carbons (Fsp3) is 0.882. The van der Waals surface area contributed by atoms with Crippen LogP contribution in [0.15, 0.2) is 0 Å². The third kappa shape index (κ3) is 9.86. The van der Waals surface area contributed by atoms with Crippen LogP contribution in [0.4, 0.5) is 0 Å². The van der Waals surface area contributed by atoms with Gasteiger partial charge in [-0.2, -0.15) is 0 Å². The fourth-order valence-corrected chi connectivity index (χ4v) is 2.24. The first-order valence-electron chi connectivity index (χ1n) is 8.02. The first kappa shape index (κ1) is 18.3. The highest BCUT2D eigenvalue weighted by atomic mass is 16.1. The minimum atomic E-state index is 0.184. The molecule has 0 bridgehead atoms. The Morgan fingerprint density at radius 3 is 2.00 bits per heavy atom. The van der Waals surface area contributed by atoms with Crippen LogP contribution in [0.3, 0.4) is 0 Å². The van der Waals surface area contributed by atoms with E-state index in [9.17, 15) is 9.59 Å². The summed E-state index contributed by atoms with van der Waals surface area (Å²) in [5.74, 6) is 1.13. The molecule has 0 N–H and O–H groups in total. The Morgan fingerprint density at radius 1 is 0.842 bits per heavy atom. The van der Waals surface area contributed by atoms with Gasteiger partial charge in [0.25, 0.3) is 0 Å². The van der Waals surface area contributed by atoms with Crippen LogP contribution >= 0.6 is 0 Å². The van der Waals surface area contributed by atoms with Gasteiger partial charge in [0.15, 0.2) is 0 Å². The van der Waals surface area contributed by atoms with Gasteiger partial charge in [0.2, 0.25) is 0 Å². The van der Waals surface area contributed by atoms with Gasteiger partial charge in [-0.25, -0.2) is 0 Å². The normalized spacial score (nSPS) is 14.1. The van der Waals surface area contributed by atoms with Gasteiger partial charge >= 0.3 is 0 Å². The van der Waals surface area contributed by atoms with E-state index in [1.54, 1.807) is 6.92 Å². The molecule has 0 aliphatic rings. The highest BCUT2D eigenvalue weighted by molar-refractivity contribution is 5.80. The predicted molar refractivity (Wildman–Crippen MR) is 81.2 cm³/mol.